The molecule has 0 saturated heterocycles. The third kappa shape index (κ3) is 5.80. The van der Waals surface area contributed by atoms with Gasteiger partial charge in [0.2, 0.25) is 0 Å². The molecule has 0 heterocycles. The third-order valence-electron chi connectivity index (χ3n) is 2.50. The number of halogens is 1. The van der Waals surface area contributed by atoms with Gasteiger partial charge in [-0.25, -0.2) is 0 Å². The summed E-state index contributed by atoms with van der Waals surface area (Å²) in [7, 11) is 0. The van der Waals surface area contributed by atoms with E-state index in [0.29, 0.717) is 12.5 Å². The van der Waals surface area contributed by atoms with Crippen molar-refractivity contribution in [3.63, 3.8) is 0 Å². The highest BCUT2D eigenvalue weighted by Crippen LogP contribution is 2.16. The summed E-state index contributed by atoms with van der Waals surface area (Å²) >= 11 is 5.60. The van der Waals surface area contributed by atoms with Crippen LogP contribution in [-0.4, -0.2) is 12.5 Å². The van der Waals surface area contributed by atoms with Gasteiger partial charge in [0, 0.05) is 0 Å². The molecule has 0 fully saturated rings. The minimum atomic E-state index is 0.517. The first-order chi connectivity index (χ1) is 9.38. The molecule has 19 heavy (non-hydrogen) atoms. The fourth-order valence-corrected chi connectivity index (χ4v) is 1.81. The van der Waals surface area contributed by atoms with Crippen molar-refractivity contribution in [3.05, 3.63) is 65.7 Å². The first kappa shape index (κ1) is 15.6. The van der Waals surface area contributed by atoms with E-state index >= 15 is 0 Å². The van der Waals surface area contributed by atoms with E-state index in [0.717, 1.165) is 12.2 Å². The number of ether oxygens (including phenoxy) is 1. The van der Waals surface area contributed by atoms with Crippen molar-refractivity contribution in [2.24, 2.45) is 0 Å². The molecule has 0 spiro atoms. The molecule has 0 N–H and O–H groups in total. The zero-order valence-corrected chi connectivity index (χ0v) is 12.4. The van der Waals surface area contributed by atoms with Gasteiger partial charge in [-0.15, -0.1) is 11.6 Å². The maximum absolute atomic E-state index is 5.60. The van der Waals surface area contributed by atoms with Crippen LogP contribution in [0.2, 0.25) is 0 Å². The topological polar surface area (TPSA) is 9.23 Å². The standard InChI is InChI=1S/C15H15ClO.C2H6/c16-9-10-17-15-8-4-7-14(12-15)11-13-5-2-1-3-6-13;1-2/h1-8,12H,9-11H2;1-2H3. The molecule has 2 aromatic rings. The Morgan fingerprint density at radius 2 is 1.58 bits per heavy atom. The second-order valence-corrected chi connectivity index (χ2v) is 4.23. The first-order valence-corrected chi connectivity index (χ1v) is 7.23. The molecular formula is C17H21ClO. The van der Waals surface area contributed by atoms with Crippen molar-refractivity contribution in [1.82, 2.24) is 0 Å². The van der Waals surface area contributed by atoms with Crippen LogP contribution >= 0.6 is 11.6 Å². The van der Waals surface area contributed by atoms with E-state index in [1.807, 2.05) is 32.0 Å². The molecule has 0 aliphatic carbocycles. The van der Waals surface area contributed by atoms with E-state index in [-0.39, 0.29) is 0 Å². The van der Waals surface area contributed by atoms with Gasteiger partial charge in [0.25, 0.3) is 0 Å². The van der Waals surface area contributed by atoms with Crippen LogP contribution in [0.1, 0.15) is 25.0 Å². The summed E-state index contributed by atoms with van der Waals surface area (Å²) in [4.78, 5) is 0. The number of benzene rings is 2. The molecule has 1 nitrogen and oxygen atoms in total. The molecule has 2 aromatic carbocycles. The number of hydrogen-bond acceptors (Lipinski definition) is 1. The van der Waals surface area contributed by atoms with Gasteiger partial charge in [-0.1, -0.05) is 56.3 Å². The average Bonchev–Trinajstić information content (AvgIpc) is 2.49. The van der Waals surface area contributed by atoms with Crippen LogP contribution < -0.4 is 4.74 Å². The van der Waals surface area contributed by atoms with Crippen LogP contribution in [0, 0.1) is 0 Å². The summed E-state index contributed by atoms with van der Waals surface area (Å²) in [6.07, 6.45) is 0.929. The number of hydrogen-bond donors (Lipinski definition) is 0. The monoisotopic (exact) mass is 276 g/mol. The van der Waals surface area contributed by atoms with E-state index in [9.17, 15) is 0 Å². The Kier molecular flexibility index (Phi) is 7.76. The SMILES string of the molecule is CC.ClCCOc1cccc(Cc2ccccc2)c1. The van der Waals surface area contributed by atoms with Gasteiger partial charge in [-0.05, 0) is 29.7 Å². The van der Waals surface area contributed by atoms with Crippen LogP contribution in [0.25, 0.3) is 0 Å². The van der Waals surface area contributed by atoms with E-state index < -0.39 is 0 Å². The lowest BCUT2D eigenvalue weighted by Gasteiger charge is -2.06. The van der Waals surface area contributed by atoms with Gasteiger partial charge in [0.15, 0.2) is 0 Å². The molecule has 102 valence electrons. The van der Waals surface area contributed by atoms with Gasteiger partial charge in [-0.3, -0.25) is 0 Å². The van der Waals surface area contributed by atoms with Gasteiger partial charge in [0.05, 0.1) is 5.88 Å². The zero-order valence-electron chi connectivity index (χ0n) is 11.6. The van der Waals surface area contributed by atoms with Crippen LogP contribution in [0.5, 0.6) is 5.75 Å². The molecule has 0 atom stereocenters. The van der Waals surface area contributed by atoms with Crippen molar-refractivity contribution in [2.45, 2.75) is 20.3 Å². The molecule has 0 aromatic heterocycles. The summed E-state index contributed by atoms with van der Waals surface area (Å²) in [5.41, 5.74) is 2.56. The summed E-state index contributed by atoms with van der Waals surface area (Å²) in [5, 5.41) is 0. The van der Waals surface area contributed by atoms with E-state index in [1.165, 1.54) is 11.1 Å². The lowest BCUT2D eigenvalue weighted by molar-refractivity contribution is 0.342. The lowest BCUT2D eigenvalue weighted by Crippen LogP contribution is -1.98. The molecule has 0 bridgehead atoms. The Morgan fingerprint density at radius 1 is 0.895 bits per heavy atom. The van der Waals surface area contributed by atoms with Crippen molar-refractivity contribution < 1.29 is 4.74 Å². The van der Waals surface area contributed by atoms with Gasteiger partial charge in [-0.2, -0.15) is 0 Å². The predicted molar refractivity (Wildman–Crippen MR) is 83.3 cm³/mol. The van der Waals surface area contributed by atoms with Gasteiger partial charge >= 0.3 is 0 Å². The third-order valence-corrected chi connectivity index (χ3v) is 2.65. The van der Waals surface area contributed by atoms with Crippen LogP contribution in [0.4, 0.5) is 0 Å². The Hall–Kier alpha value is -1.47. The fraction of sp³-hybridized carbons (Fsp3) is 0.294. The lowest BCUT2D eigenvalue weighted by atomic mass is 10.1. The molecule has 0 aliphatic rings. The van der Waals surface area contributed by atoms with Crippen molar-refractivity contribution in [3.8, 4) is 5.75 Å². The van der Waals surface area contributed by atoms with Crippen LogP contribution in [-0.2, 0) is 6.42 Å². The molecule has 0 unspecified atom stereocenters. The number of alkyl halides is 1. The maximum Gasteiger partial charge on any atom is 0.119 e. The molecule has 2 heteroatoms. The van der Waals surface area contributed by atoms with Crippen LogP contribution in [0.15, 0.2) is 54.6 Å². The van der Waals surface area contributed by atoms with E-state index in [4.69, 9.17) is 16.3 Å². The quantitative estimate of drug-likeness (QED) is 0.704. The Morgan fingerprint density at radius 3 is 2.26 bits per heavy atom. The second kappa shape index (κ2) is 9.46. The average molecular weight is 277 g/mol. The van der Waals surface area contributed by atoms with Gasteiger partial charge in [0.1, 0.15) is 12.4 Å². The predicted octanol–water partition coefficient (Wildman–Crippen LogP) is 4.92. The molecule has 0 aliphatic heterocycles. The van der Waals surface area contributed by atoms with Gasteiger partial charge < -0.3 is 4.74 Å². The smallest absolute Gasteiger partial charge is 0.119 e. The van der Waals surface area contributed by atoms with Crippen molar-refractivity contribution in [2.75, 3.05) is 12.5 Å². The minimum absolute atomic E-state index is 0.517. The summed E-state index contributed by atoms with van der Waals surface area (Å²) < 4.78 is 5.50. The Bertz CT molecular complexity index is 454. The second-order valence-electron chi connectivity index (χ2n) is 3.85. The number of rotatable bonds is 5. The normalized spacial score (nSPS) is 9.42. The molecule has 0 radical (unpaired) electrons. The molecular weight excluding hydrogens is 256 g/mol. The summed E-state index contributed by atoms with van der Waals surface area (Å²) in [6, 6.07) is 18.6. The largest absolute Gasteiger partial charge is 0.492 e. The highest BCUT2D eigenvalue weighted by Gasteiger charge is 1.98. The molecule has 2 rings (SSSR count). The molecule has 0 saturated carbocycles. The Labute approximate surface area is 121 Å². The van der Waals surface area contributed by atoms with Crippen LogP contribution in [0.3, 0.4) is 0 Å². The van der Waals surface area contributed by atoms with E-state index in [2.05, 4.69) is 36.4 Å². The van der Waals surface area contributed by atoms with Crippen molar-refractivity contribution in [1.29, 1.82) is 0 Å². The molecule has 0 amide bonds. The highest BCUT2D eigenvalue weighted by molar-refractivity contribution is 6.18. The minimum Gasteiger partial charge on any atom is -0.492 e. The van der Waals surface area contributed by atoms with E-state index in [1.54, 1.807) is 0 Å². The Balaban J connectivity index is 0.000000861. The maximum atomic E-state index is 5.60. The zero-order chi connectivity index (χ0) is 13.9. The highest BCUT2D eigenvalue weighted by atomic mass is 35.5. The summed E-state index contributed by atoms with van der Waals surface area (Å²) in [6.45, 7) is 4.55. The fourth-order valence-electron chi connectivity index (χ4n) is 1.73. The summed E-state index contributed by atoms with van der Waals surface area (Å²) in [5.74, 6) is 1.40. The van der Waals surface area contributed by atoms with Crippen molar-refractivity contribution >= 4 is 11.6 Å². The first-order valence-electron chi connectivity index (χ1n) is 6.70.